The van der Waals surface area contributed by atoms with Crippen molar-refractivity contribution in [3.63, 3.8) is 0 Å². The average molecular weight is 397 g/mol. The van der Waals surface area contributed by atoms with Crippen molar-refractivity contribution in [2.24, 2.45) is 16.6 Å². The second-order valence-corrected chi connectivity index (χ2v) is 7.94. The van der Waals surface area contributed by atoms with E-state index in [0.29, 0.717) is 0 Å². The lowest BCUT2D eigenvalue weighted by molar-refractivity contribution is 0.239. The Bertz CT molecular complexity index is 364. The van der Waals surface area contributed by atoms with Gasteiger partial charge in [0.25, 0.3) is 0 Å². The Morgan fingerprint density at radius 3 is 1.68 bits per heavy atom. The molecule has 0 fully saturated rings. The van der Waals surface area contributed by atoms with Gasteiger partial charge >= 0.3 is 0 Å². The molecular weight excluding hydrogens is 348 g/mol. The van der Waals surface area contributed by atoms with Crippen LogP contribution in [0.15, 0.2) is 17.1 Å². The van der Waals surface area contributed by atoms with Crippen molar-refractivity contribution < 1.29 is 9.90 Å². The van der Waals surface area contributed by atoms with Crippen molar-refractivity contribution in [1.29, 1.82) is 0 Å². The van der Waals surface area contributed by atoms with Crippen molar-refractivity contribution in [3.05, 3.63) is 12.2 Å². The highest BCUT2D eigenvalue weighted by Gasteiger charge is 2.08. The van der Waals surface area contributed by atoms with E-state index < -0.39 is 0 Å². The largest absolute Gasteiger partial charge is 0.394 e. The van der Waals surface area contributed by atoms with Crippen LogP contribution in [0, 0.1) is 5.92 Å². The molecule has 0 saturated heterocycles. The Morgan fingerprint density at radius 1 is 0.857 bits per heavy atom. The smallest absolute Gasteiger partial charge is 0.235 e. The third-order valence-corrected chi connectivity index (χ3v) is 4.89. The third kappa shape index (κ3) is 25.0. The standard InChI is InChI=1S/C18H37N.C6H11NO2/c1-2-3-4-5-6-7-8-9-10-11-12-13-14-15-16-17-18-19;1-5(2)6(3-8)7-4-9/h9-10H,2-8,11-19H2,1H3;5-6,8H,3H2,1-2H3/t;6-/m.0/s1. The second kappa shape index (κ2) is 26.0. The van der Waals surface area contributed by atoms with Gasteiger partial charge < -0.3 is 10.8 Å². The van der Waals surface area contributed by atoms with Gasteiger partial charge in [-0.1, -0.05) is 90.7 Å². The number of nitrogens with two attached hydrogens (primary N) is 1. The summed E-state index contributed by atoms with van der Waals surface area (Å²) in [6, 6.07) is -0.275. The van der Waals surface area contributed by atoms with E-state index in [1.54, 1.807) is 0 Å². The van der Waals surface area contributed by atoms with E-state index >= 15 is 0 Å². The van der Waals surface area contributed by atoms with Gasteiger partial charge in [-0.05, 0) is 44.6 Å². The first-order valence-electron chi connectivity index (χ1n) is 11.7. The molecule has 0 aliphatic rings. The number of hydrogen-bond donors (Lipinski definition) is 2. The van der Waals surface area contributed by atoms with E-state index in [1.807, 2.05) is 13.8 Å². The molecule has 28 heavy (non-hydrogen) atoms. The lowest BCUT2D eigenvalue weighted by Gasteiger charge is -2.09. The van der Waals surface area contributed by atoms with Crippen LogP contribution >= 0.6 is 0 Å². The van der Waals surface area contributed by atoms with Gasteiger partial charge in [0.05, 0.1) is 12.6 Å². The van der Waals surface area contributed by atoms with Crippen LogP contribution < -0.4 is 5.73 Å². The highest BCUT2D eigenvalue weighted by molar-refractivity contribution is 5.33. The molecule has 0 amide bonds. The van der Waals surface area contributed by atoms with E-state index in [9.17, 15) is 4.79 Å². The number of hydrogen-bond acceptors (Lipinski definition) is 4. The molecule has 0 aromatic heterocycles. The maximum atomic E-state index is 9.68. The molecule has 0 bridgehead atoms. The number of aliphatic hydroxyl groups excluding tert-OH is 1. The highest BCUT2D eigenvalue weighted by atomic mass is 16.3. The van der Waals surface area contributed by atoms with Crippen LogP contribution in [0.5, 0.6) is 0 Å². The zero-order valence-electron chi connectivity index (χ0n) is 19.0. The fourth-order valence-corrected chi connectivity index (χ4v) is 2.86. The quantitative estimate of drug-likeness (QED) is 0.123. The molecule has 0 unspecified atom stereocenters. The SMILES string of the molecule is CC(C)[C@H](CO)N=C=O.CCCCCCCCC=CCCCCCCCCN. The van der Waals surface area contributed by atoms with Crippen molar-refractivity contribution in [1.82, 2.24) is 0 Å². The van der Waals surface area contributed by atoms with Gasteiger partial charge in [0.2, 0.25) is 6.08 Å². The topological polar surface area (TPSA) is 75.7 Å². The summed E-state index contributed by atoms with van der Waals surface area (Å²) in [6.07, 6.45) is 25.3. The molecule has 0 radical (unpaired) electrons. The monoisotopic (exact) mass is 396 g/mol. The van der Waals surface area contributed by atoms with Crippen LogP contribution in [-0.4, -0.2) is 30.4 Å². The summed E-state index contributed by atoms with van der Waals surface area (Å²) in [5, 5.41) is 8.55. The molecule has 0 saturated carbocycles. The predicted molar refractivity (Wildman–Crippen MR) is 122 cm³/mol. The van der Waals surface area contributed by atoms with E-state index in [4.69, 9.17) is 10.8 Å². The summed E-state index contributed by atoms with van der Waals surface area (Å²) in [5.74, 6) is 0.205. The molecular formula is C24H48N2O2. The van der Waals surface area contributed by atoms with E-state index in [-0.39, 0.29) is 18.6 Å². The van der Waals surface area contributed by atoms with Crippen LogP contribution in [0.2, 0.25) is 0 Å². The van der Waals surface area contributed by atoms with Gasteiger partial charge in [0.15, 0.2) is 0 Å². The number of nitrogens with zero attached hydrogens (tertiary/aromatic N) is 1. The molecule has 166 valence electrons. The first-order chi connectivity index (χ1) is 13.6. The third-order valence-electron chi connectivity index (χ3n) is 4.89. The Kier molecular flexibility index (Phi) is 27.2. The number of aliphatic hydroxyl groups is 1. The molecule has 0 aliphatic carbocycles. The summed E-state index contributed by atoms with van der Waals surface area (Å²) >= 11 is 0. The highest BCUT2D eigenvalue weighted by Crippen LogP contribution is 2.09. The summed E-state index contributed by atoms with van der Waals surface area (Å²) in [7, 11) is 0. The minimum atomic E-state index is -0.275. The van der Waals surface area contributed by atoms with Crippen LogP contribution in [0.3, 0.4) is 0 Å². The van der Waals surface area contributed by atoms with Crippen LogP contribution in [-0.2, 0) is 4.79 Å². The molecule has 0 aliphatic heterocycles. The lowest BCUT2D eigenvalue weighted by atomic mass is 10.1. The minimum Gasteiger partial charge on any atom is -0.394 e. The molecule has 0 aromatic carbocycles. The van der Waals surface area contributed by atoms with E-state index in [0.717, 1.165) is 6.54 Å². The van der Waals surface area contributed by atoms with E-state index in [2.05, 4.69) is 24.1 Å². The van der Waals surface area contributed by atoms with Gasteiger partial charge in [-0.15, -0.1) is 0 Å². The molecule has 3 N–H and O–H groups in total. The fraction of sp³-hybridized carbons (Fsp3) is 0.875. The number of allylic oxidation sites excluding steroid dienone is 2. The minimum absolute atomic E-state index is 0.0765. The number of rotatable bonds is 18. The molecule has 1 atom stereocenters. The maximum Gasteiger partial charge on any atom is 0.235 e. The van der Waals surface area contributed by atoms with Gasteiger partial charge in [-0.25, -0.2) is 4.79 Å². The number of unbranched alkanes of at least 4 members (excludes halogenated alkanes) is 12. The van der Waals surface area contributed by atoms with Gasteiger partial charge in [0.1, 0.15) is 0 Å². The van der Waals surface area contributed by atoms with Crippen molar-refractivity contribution >= 4 is 6.08 Å². The molecule has 0 spiro atoms. The van der Waals surface area contributed by atoms with Gasteiger partial charge in [-0.3, -0.25) is 0 Å². The van der Waals surface area contributed by atoms with E-state index in [1.165, 1.54) is 96.0 Å². The van der Waals surface area contributed by atoms with Crippen LogP contribution in [0.25, 0.3) is 0 Å². The lowest BCUT2D eigenvalue weighted by Crippen LogP contribution is -2.16. The van der Waals surface area contributed by atoms with Crippen molar-refractivity contribution in [2.75, 3.05) is 13.2 Å². The maximum absolute atomic E-state index is 9.68. The Morgan fingerprint density at radius 2 is 1.32 bits per heavy atom. The molecule has 0 aromatic rings. The van der Waals surface area contributed by atoms with Crippen molar-refractivity contribution in [3.8, 4) is 0 Å². The number of carbonyl (C=O) groups excluding carboxylic acids is 1. The Balaban J connectivity index is 0. The van der Waals surface area contributed by atoms with Gasteiger partial charge in [-0.2, -0.15) is 4.99 Å². The first-order valence-corrected chi connectivity index (χ1v) is 11.7. The van der Waals surface area contributed by atoms with Gasteiger partial charge in [0, 0.05) is 0 Å². The molecule has 0 heterocycles. The summed E-state index contributed by atoms with van der Waals surface area (Å²) in [4.78, 5) is 13.1. The first kappa shape index (κ1) is 29.2. The number of isocyanates is 1. The van der Waals surface area contributed by atoms with Crippen LogP contribution in [0.4, 0.5) is 0 Å². The molecule has 4 heteroatoms. The fourth-order valence-electron chi connectivity index (χ4n) is 2.86. The Labute approximate surface area is 175 Å². The van der Waals surface area contributed by atoms with Crippen molar-refractivity contribution in [2.45, 2.75) is 117 Å². The summed E-state index contributed by atoms with van der Waals surface area (Å²) in [5.41, 5.74) is 5.47. The normalized spacial score (nSPS) is 11.9. The zero-order chi connectivity index (χ0) is 21.3. The number of aliphatic imine (C=N–C) groups is 1. The summed E-state index contributed by atoms with van der Waals surface area (Å²) < 4.78 is 0. The summed E-state index contributed by atoms with van der Waals surface area (Å²) in [6.45, 7) is 6.85. The molecule has 0 rings (SSSR count). The zero-order valence-corrected chi connectivity index (χ0v) is 19.0. The second-order valence-electron chi connectivity index (χ2n) is 7.94. The Hall–Kier alpha value is -0.960. The van der Waals surface area contributed by atoms with Crippen LogP contribution in [0.1, 0.15) is 111 Å². The predicted octanol–water partition coefficient (Wildman–Crippen LogP) is 6.32. The molecule has 4 nitrogen and oxygen atoms in total. The average Bonchev–Trinajstić information content (AvgIpc) is 2.69.